The van der Waals surface area contributed by atoms with Crippen molar-refractivity contribution < 1.29 is 4.74 Å². The molecule has 0 fully saturated rings. The molecule has 0 radical (unpaired) electrons. The fourth-order valence-corrected chi connectivity index (χ4v) is 2.90. The molecule has 1 N–H and O–H groups in total. The molecular weight excluding hydrogens is 338 g/mol. The van der Waals surface area contributed by atoms with Crippen LogP contribution in [-0.2, 0) is 6.42 Å². The molecule has 0 aliphatic rings. The summed E-state index contributed by atoms with van der Waals surface area (Å²) >= 11 is 9.72. The lowest BCUT2D eigenvalue weighted by Crippen LogP contribution is -2.19. The van der Waals surface area contributed by atoms with E-state index in [-0.39, 0.29) is 6.04 Å². The average molecular weight is 355 g/mol. The summed E-state index contributed by atoms with van der Waals surface area (Å²) in [4.78, 5) is 0. The Bertz CT molecular complexity index is 588. The summed E-state index contributed by atoms with van der Waals surface area (Å²) in [5.74, 6) is 0.865. The fraction of sp³-hybridized carbons (Fsp3) is 0.250. The highest BCUT2D eigenvalue weighted by molar-refractivity contribution is 9.10. The van der Waals surface area contributed by atoms with Crippen LogP contribution in [0.1, 0.15) is 17.2 Å². The molecule has 0 spiro atoms. The third-order valence-corrected chi connectivity index (χ3v) is 4.13. The molecule has 2 nitrogen and oxygen atoms in total. The SMILES string of the molecule is CNC(Cc1ccc(Br)cc1Cl)c1cccc(OC)c1. The van der Waals surface area contributed by atoms with Crippen molar-refractivity contribution in [3.63, 3.8) is 0 Å². The van der Waals surface area contributed by atoms with Crippen LogP contribution < -0.4 is 10.1 Å². The minimum absolute atomic E-state index is 0.198. The molecule has 2 aromatic rings. The summed E-state index contributed by atoms with van der Waals surface area (Å²) in [6.45, 7) is 0. The molecular formula is C16H17BrClNO. The van der Waals surface area contributed by atoms with Gasteiger partial charge < -0.3 is 10.1 Å². The van der Waals surface area contributed by atoms with E-state index in [1.165, 1.54) is 5.56 Å². The number of hydrogen-bond donors (Lipinski definition) is 1. The van der Waals surface area contributed by atoms with Crippen molar-refractivity contribution in [1.29, 1.82) is 0 Å². The molecule has 0 saturated heterocycles. The van der Waals surface area contributed by atoms with Crippen molar-refractivity contribution in [1.82, 2.24) is 5.32 Å². The molecule has 20 heavy (non-hydrogen) atoms. The van der Waals surface area contributed by atoms with Gasteiger partial charge in [-0.15, -0.1) is 0 Å². The van der Waals surface area contributed by atoms with Crippen molar-refractivity contribution in [2.24, 2.45) is 0 Å². The quantitative estimate of drug-likeness (QED) is 0.846. The first-order valence-corrected chi connectivity index (χ1v) is 7.56. The number of halogens is 2. The van der Waals surface area contributed by atoms with Crippen LogP contribution >= 0.6 is 27.5 Å². The number of benzene rings is 2. The summed E-state index contributed by atoms with van der Waals surface area (Å²) < 4.78 is 6.27. The van der Waals surface area contributed by atoms with E-state index in [2.05, 4.69) is 33.4 Å². The molecule has 0 aromatic heterocycles. The lowest BCUT2D eigenvalue weighted by Gasteiger charge is -2.18. The summed E-state index contributed by atoms with van der Waals surface area (Å²) in [7, 11) is 3.63. The highest BCUT2D eigenvalue weighted by Crippen LogP contribution is 2.27. The zero-order valence-electron chi connectivity index (χ0n) is 11.5. The maximum atomic E-state index is 6.29. The molecule has 106 valence electrons. The molecule has 0 aliphatic heterocycles. The van der Waals surface area contributed by atoms with Crippen LogP contribution in [0.4, 0.5) is 0 Å². The van der Waals surface area contributed by atoms with Crippen LogP contribution in [0, 0.1) is 0 Å². The second-order valence-corrected chi connectivity index (χ2v) is 5.88. The summed E-state index contributed by atoms with van der Waals surface area (Å²) in [5.41, 5.74) is 2.31. The van der Waals surface area contributed by atoms with Crippen LogP contribution in [0.25, 0.3) is 0 Å². The Morgan fingerprint density at radius 1 is 1.25 bits per heavy atom. The second-order valence-electron chi connectivity index (χ2n) is 4.56. The number of hydrogen-bond acceptors (Lipinski definition) is 2. The van der Waals surface area contributed by atoms with Gasteiger partial charge in [0.1, 0.15) is 5.75 Å². The smallest absolute Gasteiger partial charge is 0.119 e. The largest absolute Gasteiger partial charge is 0.497 e. The van der Waals surface area contributed by atoms with Gasteiger partial charge in [0.2, 0.25) is 0 Å². The second kappa shape index (κ2) is 7.11. The van der Waals surface area contributed by atoms with E-state index in [4.69, 9.17) is 16.3 Å². The van der Waals surface area contributed by atoms with Gasteiger partial charge in [-0.2, -0.15) is 0 Å². The van der Waals surface area contributed by atoms with Gasteiger partial charge in [0.25, 0.3) is 0 Å². The van der Waals surface area contributed by atoms with Crippen molar-refractivity contribution in [3.8, 4) is 5.75 Å². The average Bonchev–Trinajstić information content (AvgIpc) is 2.46. The number of nitrogens with one attached hydrogen (secondary N) is 1. The van der Waals surface area contributed by atoms with Crippen LogP contribution in [-0.4, -0.2) is 14.2 Å². The monoisotopic (exact) mass is 353 g/mol. The summed E-state index contributed by atoms with van der Waals surface area (Å²) in [6.07, 6.45) is 0.829. The first kappa shape index (κ1) is 15.4. The Labute approximate surface area is 133 Å². The molecule has 4 heteroatoms. The van der Waals surface area contributed by atoms with E-state index in [0.717, 1.165) is 27.2 Å². The molecule has 2 rings (SSSR count). The Kier molecular flexibility index (Phi) is 5.46. The number of likely N-dealkylation sites (N-methyl/N-ethyl adjacent to an activating group) is 1. The minimum Gasteiger partial charge on any atom is -0.497 e. The first-order valence-electron chi connectivity index (χ1n) is 6.39. The van der Waals surface area contributed by atoms with Crippen molar-refractivity contribution in [2.75, 3.05) is 14.2 Å². The summed E-state index contributed by atoms with van der Waals surface area (Å²) in [5, 5.41) is 4.11. The van der Waals surface area contributed by atoms with Gasteiger partial charge in [0.15, 0.2) is 0 Å². The highest BCUT2D eigenvalue weighted by atomic mass is 79.9. The van der Waals surface area contributed by atoms with E-state index in [1.54, 1.807) is 7.11 Å². The van der Waals surface area contributed by atoms with Gasteiger partial charge in [0, 0.05) is 15.5 Å². The van der Waals surface area contributed by atoms with Crippen LogP contribution in [0.2, 0.25) is 5.02 Å². The lowest BCUT2D eigenvalue weighted by atomic mass is 9.99. The Balaban J connectivity index is 2.23. The maximum absolute atomic E-state index is 6.29. The van der Waals surface area contributed by atoms with Gasteiger partial charge in [-0.25, -0.2) is 0 Å². The molecule has 0 amide bonds. The zero-order chi connectivity index (χ0) is 14.5. The van der Waals surface area contributed by atoms with Gasteiger partial charge in [-0.1, -0.05) is 45.7 Å². The van der Waals surface area contributed by atoms with E-state index < -0.39 is 0 Å². The molecule has 1 atom stereocenters. The molecule has 0 aliphatic carbocycles. The van der Waals surface area contributed by atoms with Gasteiger partial charge >= 0.3 is 0 Å². The number of rotatable bonds is 5. The Morgan fingerprint density at radius 3 is 2.70 bits per heavy atom. The maximum Gasteiger partial charge on any atom is 0.119 e. The van der Waals surface area contributed by atoms with Crippen LogP contribution in [0.3, 0.4) is 0 Å². The van der Waals surface area contributed by atoms with E-state index in [9.17, 15) is 0 Å². The van der Waals surface area contributed by atoms with Crippen LogP contribution in [0.5, 0.6) is 5.75 Å². The standard InChI is InChI=1S/C16H17BrClNO/c1-19-16(12-4-3-5-14(8-12)20-2)9-11-6-7-13(17)10-15(11)18/h3-8,10,16,19H,9H2,1-2H3. The zero-order valence-corrected chi connectivity index (χ0v) is 13.8. The lowest BCUT2D eigenvalue weighted by molar-refractivity contribution is 0.413. The highest BCUT2D eigenvalue weighted by Gasteiger charge is 2.13. The third-order valence-electron chi connectivity index (χ3n) is 3.28. The number of ether oxygens (including phenoxy) is 1. The van der Waals surface area contributed by atoms with E-state index in [0.29, 0.717) is 0 Å². The van der Waals surface area contributed by atoms with Gasteiger partial charge in [-0.05, 0) is 48.9 Å². The predicted octanol–water partition coefficient (Wildman–Crippen LogP) is 4.61. The molecule has 0 saturated carbocycles. The predicted molar refractivity (Wildman–Crippen MR) is 87.7 cm³/mol. The third kappa shape index (κ3) is 3.75. The molecule has 2 aromatic carbocycles. The molecule has 0 bridgehead atoms. The van der Waals surface area contributed by atoms with Gasteiger partial charge in [-0.3, -0.25) is 0 Å². The topological polar surface area (TPSA) is 21.3 Å². The molecule has 0 heterocycles. The first-order chi connectivity index (χ1) is 9.63. The van der Waals surface area contributed by atoms with Gasteiger partial charge in [0.05, 0.1) is 7.11 Å². The van der Waals surface area contributed by atoms with Crippen molar-refractivity contribution in [2.45, 2.75) is 12.5 Å². The van der Waals surface area contributed by atoms with Crippen molar-refractivity contribution in [3.05, 3.63) is 63.1 Å². The normalized spacial score (nSPS) is 12.2. The van der Waals surface area contributed by atoms with E-state index in [1.807, 2.05) is 37.4 Å². The van der Waals surface area contributed by atoms with E-state index >= 15 is 0 Å². The van der Waals surface area contributed by atoms with Crippen molar-refractivity contribution >= 4 is 27.5 Å². The Morgan fingerprint density at radius 2 is 2.05 bits per heavy atom. The number of methoxy groups -OCH3 is 1. The van der Waals surface area contributed by atoms with Crippen LogP contribution in [0.15, 0.2) is 46.9 Å². The Hall–Kier alpha value is -1.03. The summed E-state index contributed by atoms with van der Waals surface area (Å²) in [6, 6.07) is 14.3. The molecule has 1 unspecified atom stereocenters. The minimum atomic E-state index is 0.198. The fourth-order valence-electron chi connectivity index (χ4n) is 2.15.